The van der Waals surface area contributed by atoms with Crippen molar-refractivity contribution < 1.29 is 13.6 Å². The summed E-state index contributed by atoms with van der Waals surface area (Å²) in [6.07, 6.45) is 0.542. The SMILES string of the molecule is NC(=O)c1cnc2ccc(N3CC(F)CC3c3cccc(F)c3)nn12. The number of nitrogens with two attached hydrogens (primary N) is 1. The van der Waals surface area contributed by atoms with Crippen LogP contribution >= 0.6 is 0 Å². The number of imidazole rings is 1. The van der Waals surface area contributed by atoms with Gasteiger partial charge in [0.2, 0.25) is 0 Å². The van der Waals surface area contributed by atoms with Crippen LogP contribution in [0.25, 0.3) is 5.65 Å². The Hall–Kier alpha value is -3.03. The number of fused-ring (bicyclic) bond motifs is 1. The Morgan fingerprint density at radius 1 is 1.28 bits per heavy atom. The van der Waals surface area contributed by atoms with E-state index in [1.165, 1.54) is 22.8 Å². The van der Waals surface area contributed by atoms with E-state index in [-0.39, 0.29) is 30.5 Å². The van der Waals surface area contributed by atoms with Crippen molar-refractivity contribution in [2.75, 3.05) is 11.4 Å². The maximum absolute atomic E-state index is 14.1. The van der Waals surface area contributed by atoms with E-state index in [1.807, 2.05) is 0 Å². The third-order valence-electron chi connectivity index (χ3n) is 4.38. The molecule has 1 fully saturated rings. The highest BCUT2D eigenvalue weighted by Gasteiger charge is 2.34. The first-order chi connectivity index (χ1) is 12.0. The number of hydrogen-bond donors (Lipinski definition) is 1. The molecule has 0 spiro atoms. The predicted octanol–water partition coefficient (Wildman–Crippen LogP) is 2.26. The lowest BCUT2D eigenvalue weighted by Gasteiger charge is -2.25. The first-order valence-electron chi connectivity index (χ1n) is 7.83. The summed E-state index contributed by atoms with van der Waals surface area (Å²) in [4.78, 5) is 17.3. The summed E-state index contributed by atoms with van der Waals surface area (Å²) in [7, 11) is 0. The minimum atomic E-state index is -1.05. The van der Waals surface area contributed by atoms with Crippen LogP contribution in [0.4, 0.5) is 14.6 Å². The van der Waals surface area contributed by atoms with E-state index in [2.05, 4.69) is 10.1 Å². The Bertz CT molecular complexity index is 957. The first-order valence-corrected chi connectivity index (χ1v) is 7.83. The summed E-state index contributed by atoms with van der Waals surface area (Å²) in [5, 5.41) is 4.39. The van der Waals surface area contributed by atoms with Gasteiger partial charge in [0.1, 0.15) is 23.5 Å². The standard InChI is InChI=1S/C17H15F2N5O/c18-11-3-1-2-10(6-11)13-7-12(19)9-23(13)16-5-4-15-21-8-14(17(20)25)24(15)22-16/h1-6,8,12-13H,7,9H2,(H2,20,25). The highest BCUT2D eigenvalue weighted by Crippen LogP contribution is 2.36. The van der Waals surface area contributed by atoms with E-state index in [4.69, 9.17) is 5.73 Å². The van der Waals surface area contributed by atoms with Crippen LogP contribution in [-0.2, 0) is 0 Å². The molecule has 8 heteroatoms. The maximum Gasteiger partial charge on any atom is 0.269 e. The number of carbonyl (C=O) groups is 1. The largest absolute Gasteiger partial charge is 0.364 e. The van der Waals surface area contributed by atoms with Crippen LogP contribution in [0.2, 0.25) is 0 Å². The predicted molar refractivity (Wildman–Crippen MR) is 87.5 cm³/mol. The number of primary amides is 1. The van der Waals surface area contributed by atoms with Crippen LogP contribution in [0.3, 0.4) is 0 Å². The van der Waals surface area contributed by atoms with Crippen LogP contribution in [0.1, 0.15) is 28.5 Å². The molecule has 3 aromatic rings. The molecular weight excluding hydrogens is 328 g/mol. The zero-order chi connectivity index (χ0) is 17.6. The average Bonchev–Trinajstić information content (AvgIpc) is 3.17. The van der Waals surface area contributed by atoms with Gasteiger partial charge in [-0.25, -0.2) is 18.3 Å². The van der Waals surface area contributed by atoms with Crippen molar-refractivity contribution in [2.45, 2.75) is 18.6 Å². The normalized spacial score (nSPS) is 20.3. The molecule has 2 aromatic heterocycles. The third kappa shape index (κ3) is 2.69. The lowest BCUT2D eigenvalue weighted by atomic mass is 10.0. The van der Waals surface area contributed by atoms with Crippen molar-refractivity contribution in [2.24, 2.45) is 5.73 Å². The van der Waals surface area contributed by atoms with Crippen LogP contribution in [0.5, 0.6) is 0 Å². The lowest BCUT2D eigenvalue weighted by molar-refractivity contribution is 0.0993. The summed E-state index contributed by atoms with van der Waals surface area (Å²) in [6, 6.07) is 9.18. The molecule has 4 rings (SSSR count). The van der Waals surface area contributed by atoms with Gasteiger partial charge in [-0.1, -0.05) is 12.1 Å². The smallest absolute Gasteiger partial charge is 0.269 e. The quantitative estimate of drug-likeness (QED) is 0.791. The van der Waals surface area contributed by atoms with Gasteiger partial charge in [-0.15, -0.1) is 5.10 Å². The second kappa shape index (κ2) is 5.80. The number of amides is 1. The number of anilines is 1. The Labute approximate surface area is 141 Å². The van der Waals surface area contributed by atoms with E-state index in [0.717, 1.165) is 0 Å². The lowest BCUT2D eigenvalue weighted by Crippen LogP contribution is -2.26. The summed E-state index contributed by atoms with van der Waals surface area (Å²) in [5.74, 6) is -0.542. The number of halogens is 2. The van der Waals surface area contributed by atoms with Crippen molar-refractivity contribution in [1.82, 2.24) is 14.6 Å². The minimum absolute atomic E-state index is 0.139. The Morgan fingerprint density at radius 3 is 2.88 bits per heavy atom. The number of aromatic nitrogens is 3. The molecule has 1 aliphatic heterocycles. The molecule has 2 atom stereocenters. The van der Waals surface area contributed by atoms with Gasteiger partial charge < -0.3 is 10.6 Å². The number of rotatable bonds is 3. The molecule has 0 saturated carbocycles. The number of carbonyl (C=O) groups excluding carboxylic acids is 1. The second-order valence-corrected chi connectivity index (χ2v) is 6.03. The van der Waals surface area contributed by atoms with E-state index in [9.17, 15) is 13.6 Å². The second-order valence-electron chi connectivity index (χ2n) is 6.03. The van der Waals surface area contributed by atoms with Crippen molar-refractivity contribution >= 4 is 17.4 Å². The zero-order valence-electron chi connectivity index (χ0n) is 13.1. The molecule has 2 unspecified atom stereocenters. The van der Waals surface area contributed by atoms with Crippen LogP contribution in [-0.4, -0.2) is 33.2 Å². The van der Waals surface area contributed by atoms with Crippen LogP contribution in [0, 0.1) is 5.82 Å². The molecule has 0 aliphatic carbocycles. The molecule has 0 bridgehead atoms. The van der Waals surface area contributed by atoms with Crippen LogP contribution < -0.4 is 10.6 Å². The van der Waals surface area contributed by atoms with Gasteiger partial charge in [0, 0.05) is 6.42 Å². The topological polar surface area (TPSA) is 76.5 Å². The van der Waals surface area contributed by atoms with Gasteiger partial charge in [-0.3, -0.25) is 4.79 Å². The molecule has 1 amide bonds. The summed E-state index contributed by atoms with van der Waals surface area (Å²) in [6.45, 7) is 0.139. The average molecular weight is 343 g/mol. The molecular formula is C17H15F2N5O. The van der Waals surface area contributed by atoms with Crippen LogP contribution in [0.15, 0.2) is 42.6 Å². The van der Waals surface area contributed by atoms with Gasteiger partial charge >= 0.3 is 0 Å². The molecule has 6 nitrogen and oxygen atoms in total. The highest BCUT2D eigenvalue weighted by atomic mass is 19.1. The first kappa shape index (κ1) is 15.5. The number of nitrogens with zero attached hydrogens (tertiary/aromatic N) is 4. The highest BCUT2D eigenvalue weighted by molar-refractivity contribution is 5.91. The van der Waals surface area contributed by atoms with Crippen molar-refractivity contribution in [1.29, 1.82) is 0 Å². The minimum Gasteiger partial charge on any atom is -0.364 e. The molecule has 25 heavy (non-hydrogen) atoms. The van der Waals surface area contributed by atoms with E-state index in [0.29, 0.717) is 17.0 Å². The summed E-state index contributed by atoms with van der Waals surface area (Å²) >= 11 is 0. The molecule has 1 aliphatic rings. The van der Waals surface area contributed by atoms with E-state index < -0.39 is 12.1 Å². The number of alkyl halides is 1. The fourth-order valence-corrected chi connectivity index (χ4v) is 3.25. The molecule has 1 aromatic carbocycles. The fourth-order valence-electron chi connectivity index (χ4n) is 3.25. The fraction of sp³-hybridized carbons (Fsp3) is 0.235. The third-order valence-corrected chi connectivity index (χ3v) is 4.38. The summed E-state index contributed by atoms with van der Waals surface area (Å²) in [5.41, 5.74) is 6.63. The molecule has 2 N–H and O–H groups in total. The van der Waals surface area contributed by atoms with E-state index in [1.54, 1.807) is 29.2 Å². The van der Waals surface area contributed by atoms with Crippen molar-refractivity contribution in [3.8, 4) is 0 Å². The molecule has 0 radical (unpaired) electrons. The van der Waals surface area contributed by atoms with Crippen molar-refractivity contribution in [3.63, 3.8) is 0 Å². The molecule has 3 heterocycles. The van der Waals surface area contributed by atoms with Crippen molar-refractivity contribution in [3.05, 3.63) is 59.7 Å². The summed E-state index contributed by atoms with van der Waals surface area (Å²) < 4.78 is 29.0. The maximum atomic E-state index is 14.1. The van der Waals surface area contributed by atoms with Gasteiger partial charge in [-0.2, -0.15) is 0 Å². The number of hydrogen-bond acceptors (Lipinski definition) is 4. The van der Waals surface area contributed by atoms with Gasteiger partial charge in [-0.05, 0) is 29.8 Å². The Morgan fingerprint density at radius 2 is 2.12 bits per heavy atom. The monoisotopic (exact) mass is 343 g/mol. The van der Waals surface area contributed by atoms with E-state index >= 15 is 0 Å². The Kier molecular flexibility index (Phi) is 3.60. The molecule has 128 valence electrons. The molecule has 1 saturated heterocycles. The van der Waals surface area contributed by atoms with Gasteiger partial charge in [0.25, 0.3) is 5.91 Å². The Balaban J connectivity index is 1.77. The number of benzene rings is 1. The van der Waals surface area contributed by atoms with Gasteiger partial charge in [0.05, 0.1) is 18.8 Å². The zero-order valence-corrected chi connectivity index (χ0v) is 13.1. The van der Waals surface area contributed by atoms with Gasteiger partial charge in [0.15, 0.2) is 5.65 Å².